The van der Waals surface area contributed by atoms with E-state index in [1.165, 1.54) is 5.56 Å². The van der Waals surface area contributed by atoms with Gasteiger partial charge in [-0.05, 0) is 38.0 Å². The van der Waals surface area contributed by atoms with Gasteiger partial charge < -0.3 is 10.1 Å². The summed E-state index contributed by atoms with van der Waals surface area (Å²) >= 11 is 0. The molecule has 2 aromatic rings. The molecule has 1 saturated carbocycles. The van der Waals surface area contributed by atoms with Gasteiger partial charge in [0.05, 0.1) is 6.10 Å². The summed E-state index contributed by atoms with van der Waals surface area (Å²) < 4.78 is 7.56. The molecule has 1 fully saturated rings. The molecule has 2 aromatic heterocycles. The molecule has 3 rings (SSSR count). The molecular weight excluding hydrogens is 252 g/mol. The fourth-order valence-corrected chi connectivity index (χ4v) is 2.81. The van der Waals surface area contributed by atoms with Crippen molar-refractivity contribution in [2.45, 2.75) is 46.3 Å². The number of ether oxygens (including phenoxy) is 1. The lowest BCUT2D eigenvalue weighted by Gasteiger charge is -2.51. The van der Waals surface area contributed by atoms with E-state index in [0.717, 1.165) is 18.7 Å². The van der Waals surface area contributed by atoms with Gasteiger partial charge in [-0.25, -0.2) is 4.52 Å². The molecule has 0 aliphatic heterocycles. The highest BCUT2D eigenvalue weighted by Crippen LogP contribution is 2.44. The fraction of sp³-hybridized carbons (Fsp3) is 0.600. The van der Waals surface area contributed by atoms with E-state index in [4.69, 9.17) is 4.74 Å². The number of nitrogens with zero attached hydrogens (tertiary/aromatic N) is 3. The average Bonchev–Trinajstić information content (AvgIpc) is 2.79. The monoisotopic (exact) mass is 274 g/mol. The number of hydrogen-bond donors (Lipinski definition) is 1. The van der Waals surface area contributed by atoms with Crippen LogP contribution in [0.5, 0.6) is 0 Å². The molecule has 20 heavy (non-hydrogen) atoms. The Balaban J connectivity index is 1.74. The molecule has 0 amide bonds. The molecular formula is C15H22N4O. The number of hydrogen-bond acceptors (Lipinski definition) is 4. The number of pyridine rings is 1. The minimum atomic E-state index is 0.114. The summed E-state index contributed by atoms with van der Waals surface area (Å²) in [6, 6.07) is 4.43. The predicted molar refractivity (Wildman–Crippen MR) is 78.9 cm³/mol. The molecule has 2 unspecified atom stereocenters. The third-order valence-electron chi connectivity index (χ3n) is 4.34. The summed E-state index contributed by atoms with van der Waals surface area (Å²) in [6.45, 7) is 9.34. The Morgan fingerprint density at radius 2 is 2.30 bits per heavy atom. The molecule has 2 heterocycles. The maximum atomic E-state index is 5.75. The van der Waals surface area contributed by atoms with Crippen molar-refractivity contribution in [1.82, 2.24) is 14.6 Å². The number of aromatic nitrogens is 3. The predicted octanol–water partition coefficient (Wildman–Crippen LogP) is 2.65. The number of aryl methyl sites for hydroxylation is 1. The second-order valence-corrected chi connectivity index (χ2v) is 6.14. The first kappa shape index (κ1) is 13.4. The molecule has 0 aromatic carbocycles. The first-order valence-corrected chi connectivity index (χ1v) is 7.22. The van der Waals surface area contributed by atoms with Crippen molar-refractivity contribution in [2.75, 3.05) is 11.9 Å². The van der Waals surface area contributed by atoms with Gasteiger partial charge in [-0.15, -0.1) is 5.10 Å². The molecule has 1 N–H and O–H groups in total. The molecule has 2 atom stereocenters. The van der Waals surface area contributed by atoms with E-state index in [-0.39, 0.29) is 5.41 Å². The summed E-state index contributed by atoms with van der Waals surface area (Å²) in [4.78, 5) is 4.53. The van der Waals surface area contributed by atoms with Crippen LogP contribution in [0, 0.1) is 12.3 Å². The topological polar surface area (TPSA) is 51.5 Å². The summed E-state index contributed by atoms with van der Waals surface area (Å²) in [5.74, 6) is 0.698. The third kappa shape index (κ3) is 2.16. The Morgan fingerprint density at radius 1 is 1.50 bits per heavy atom. The lowest BCUT2D eigenvalue weighted by molar-refractivity contribution is -0.0977. The lowest BCUT2D eigenvalue weighted by atomic mass is 9.64. The van der Waals surface area contributed by atoms with Crippen LogP contribution in [0.3, 0.4) is 0 Å². The molecule has 0 spiro atoms. The van der Waals surface area contributed by atoms with Gasteiger partial charge in [-0.2, -0.15) is 4.98 Å². The number of nitrogens with one attached hydrogen (secondary N) is 1. The van der Waals surface area contributed by atoms with E-state index in [1.54, 1.807) is 4.52 Å². The lowest BCUT2D eigenvalue weighted by Crippen LogP contribution is -2.58. The zero-order valence-corrected chi connectivity index (χ0v) is 12.6. The van der Waals surface area contributed by atoms with Crippen LogP contribution in [-0.2, 0) is 4.74 Å². The van der Waals surface area contributed by atoms with Crippen LogP contribution in [-0.4, -0.2) is 33.4 Å². The standard InChI is InChI=1S/C15H22N4O/c1-5-20-12-9-11(15(12,3)4)16-14-17-13-8-10(2)6-7-19(13)18-14/h6-8,11-12H,5,9H2,1-4H3,(H,16,18). The van der Waals surface area contributed by atoms with Gasteiger partial charge in [0.2, 0.25) is 5.95 Å². The summed E-state index contributed by atoms with van der Waals surface area (Å²) in [6.07, 6.45) is 3.27. The number of anilines is 1. The molecule has 5 heteroatoms. The highest BCUT2D eigenvalue weighted by atomic mass is 16.5. The van der Waals surface area contributed by atoms with Crippen LogP contribution in [0.1, 0.15) is 32.8 Å². The van der Waals surface area contributed by atoms with Gasteiger partial charge in [-0.3, -0.25) is 0 Å². The maximum absolute atomic E-state index is 5.75. The van der Waals surface area contributed by atoms with E-state index in [1.807, 2.05) is 25.3 Å². The van der Waals surface area contributed by atoms with Crippen molar-refractivity contribution in [3.05, 3.63) is 23.9 Å². The van der Waals surface area contributed by atoms with Gasteiger partial charge in [0.25, 0.3) is 0 Å². The van der Waals surface area contributed by atoms with Gasteiger partial charge >= 0.3 is 0 Å². The summed E-state index contributed by atoms with van der Waals surface area (Å²) in [5, 5.41) is 7.91. The second-order valence-electron chi connectivity index (χ2n) is 6.14. The Kier molecular flexibility index (Phi) is 3.17. The Morgan fingerprint density at radius 3 is 3.00 bits per heavy atom. The van der Waals surface area contributed by atoms with Crippen LogP contribution in [0.4, 0.5) is 5.95 Å². The van der Waals surface area contributed by atoms with Crippen molar-refractivity contribution in [1.29, 1.82) is 0 Å². The SMILES string of the molecule is CCOC1CC(Nc2nc3cc(C)ccn3n2)C1(C)C. The largest absolute Gasteiger partial charge is 0.378 e. The van der Waals surface area contributed by atoms with Crippen molar-refractivity contribution < 1.29 is 4.74 Å². The molecule has 108 valence electrons. The summed E-state index contributed by atoms with van der Waals surface area (Å²) in [7, 11) is 0. The van der Waals surface area contributed by atoms with Crippen molar-refractivity contribution in [3.8, 4) is 0 Å². The number of fused-ring (bicyclic) bond motifs is 1. The van der Waals surface area contributed by atoms with Gasteiger partial charge in [0.15, 0.2) is 5.65 Å². The smallest absolute Gasteiger partial charge is 0.243 e. The van der Waals surface area contributed by atoms with E-state index >= 15 is 0 Å². The zero-order chi connectivity index (χ0) is 14.3. The third-order valence-corrected chi connectivity index (χ3v) is 4.34. The summed E-state index contributed by atoms with van der Waals surface area (Å²) in [5.41, 5.74) is 2.19. The minimum Gasteiger partial charge on any atom is -0.378 e. The molecule has 1 aliphatic carbocycles. The van der Waals surface area contributed by atoms with Crippen LogP contribution in [0.15, 0.2) is 18.3 Å². The minimum absolute atomic E-state index is 0.114. The molecule has 5 nitrogen and oxygen atoms in total. The fourth-order valence-electron chi connectivity index (χ4n) is 2.81. The van der Waals surface area contributed by atoms with E-state index in [2.05, 4.69) is 36.2 Å². The van der Waals surface area contributed by atoms with Crippen molar-refractivity contribution in [3.63, 3.8) is 0 Å². The van der Waals surface area contributed by atoms with Crippen molar-refractivity contribution in [2.24, 2.45) is 5.41 Å². The van der Waals surface area contributed by atoms with Gasteiger partial charge in [-0.1, -0.05) is 13.8 Å². The average molecular weight is 274 g/mol. The van der Waals surface area contributed by atoms with Crippen LogP contribution >= 0.6 is 0 Å². The normalized spacial score (nSPS) is 24.6. The Hall–Kier alpha value is -1.62. The highest BCUT2D eigenvalue weighted by Gasteiger charge is 2.49. The zero-order valence-electron chi connectivity index (χ0n) is 12.6. The molecule has 0 radical (unpaired) electrons. The van der Waals surface area contributed by atoms with Crippen molar-refractivity contribution >= 4 is 11.6 Å². The molecule has 0 saturated heterocycles. The van der Waals surface area contributed by atoms with Gasteiger partial charge in [0.1, 0.15) is 0 Å². The Bertz CT molecular complexity index is 619. The maximum Gasteiger partial charge on any atom is 0.243 e. The van der Waals surface area contributed by atoms with E-state index in [0.29, 0.717) is 18.1 Å². The van der Waals surface area contributed by atoms with Crippen LogP contribution < -0.4 is 5.32 Å². The molecule has 1 aliphatic rings. The molecule has 0 bridgehead atoms. The Labute approximate surface area is 119 Å². The second kappa shape index (κ2) is 4.74. The van der Waals surface area contributed by atoms with E-state index in [9.17, 15) is 0 Å². The highest BCUT2D eigenvalue weighted by molar-refractivity contribution is 5.46. The number of rotatable bonds is 4. The first-order valence-electron chi connectivity index (χ1n) is 7.22. The van der Waals surface area contributed by atoms with Gasteiger partial charge in [0, 0.05) is 24.3 Å². The van der Waals surface area contributed by atoms with Crippen LogP contribution in [0.25, 0.3) is 5.65 Å². The first-order chi connectivity index (χ1) is 9.50. The van der Waals surface area contributed by atoms with Crippen LogP contribution in [0.2, 0.25) is 0 Å². The quantitative estimate of drug-likeness (QED) is 0.931. The van der Waals surface area contributed by atoms with E-state index < -0.39 is 0 Å².